The summed E-state index contributed by atoms with van der Waals surface area (Å²) in [5, 5.41) is 0. The van der Waals surface area contributed by atoms with E-state index in [0.717, 1.165) is 0 Å². The summed E-state index contributed by atoms with van der Waals surface area (Å²) < 4.78 is 1.20. The average Bonchev–Trinajstić information content (AvgIpc) is 2.28. The summed E-state index contributed by atoms with van der Waals surface area (Å²) in [6, 6.07) is 10.8. The highest BCUT2D eigenvalue weighted by molar-refractivity contribution is 5.86. The molecule has 0 N–H and O–H groups in total. The molecule has 0 aliphatic carbocycles. The maximum absolute atomic E-state index is 2.29. The minimum absolute atomic E-state index is 0. The normalized spacial score (nSPS) is 9.59. The second kappa shape index (κ2) is 11.2. The Balaban J connectivity index is -0.000000653. The summed E-state index contributed by atoms with van der Waals surface area (Å²) in [7, 11) is 0. The lowest BCUT2D eigenvalue weighted by atomic mass is 10.2. The van der Waals surface area contributed by atoms with Crippen LogP contribution in [0.4, 0.5) is 0 Å². The Kier molecular flexibility index (Phi) is 14.6. The minimum Gasteiger partial charge on any atom is -0.321 e. The van der Waals surface area contributed by atoms with Gasteiger partial charge in [0.15, 0.2) is 0 Å². The van der Waals surface area contributed by atoms with E-state index in [1.54, 1.807) is 0 Å². The molecule has 0 saturated carbocycles. The first-order valence-corrected chi connectivity index (χ1v) is 5.65. The summed E-state index contributed by atoms with van der Waals surface area (Å²) >= 11 is 0. The summed E-state index contributed by atoms with van der Waals surface area (Å²) in [6.07, 6.45) is 0. The van der Waals surface area contributed by atoms with Crippen LogP contribution in [0.2, 0.25) is 0 Å². The predicted molar refractivity (Wildman–Crippen MR) is 83.8 cm³/mol. The van der Waals surface area contributed by atoms with Crippen LogP contribution in [0.1, 0.15) is 26.3 Å². The van der Waals surface area contributed by atoms with Crippen LogP contribution < -0.4 is 0 Å². The fourth-order valence-corrected chi connectivity index (χ4v) is 1.98. The fraction of sp³-hybridized carbons (Fsp3) is 0.538. The molecular formula is C13H25Cl3N+. The second-order valence-electron chi connectivity index (χ2n) is 3.93. The lowest BCUT2D eigenvalue weighted by Gasteiger charge is -2.35. The van der Waals surface area contributed by atoms with E-state index >= 15 is 0 Å². The van der Waals surface area contributed by atoms with Crippen molar-refractivity contribution in [1.82, 2.24) is 0 Å². The van der Waals surface area contributed by atoms with Crippen molar-refractivity contribution in [3.63, 3.8) is 0 Å². The van der Waals surface area contributed by atoms with E-state index in [1.807, 2.05) is 0 Å². The Morgan fingerprint density at radius 2 is 1.18 bits per heavy atom. The van der Waals surface area contributed by atoms with E-state index < -0.39 is 0 Å². The molecule has 0 unspecified atom stereocenters. The Labute approximate surface area is 124 Å². The quantitative estimate of drug-likeness (QED) is 0.710. The smallest absolute Gasteiger partial charge is 0.104 e. The predicted octanol–water partition coefficient (Wildman–Crippen LogP) is 4.33. The van der Waals surface area contributed by atoms with Gasteiger partial charge in [-0.1, -0.05) is 30.3 Å². The van der Waals surface area contributed by atoms with Gasteiger partial charge in [-0.2, -0.15) is 0 Å². The van der Waals surface area contributed by atoms with Gasteiger partial charge in [0.05, 0.1) is 19.6 Å². The molecule has 0 saturated heterocycles. The summed E-state index contributed by atoms with van der Waals surface area (Å²) in [4.78, 5) is 0. The zero-order valence-electron chi connectivity index (χ0n) is 10.9. The zero-order valence-corrected chi connectivity index (χ0v) is 13.3. The van der Waals surface area contributed by atoms with Crippen LogP contribution in [0, 0.1) is 0 Å². The molecule has 1 rings (SSSR count). The number of rotatable bonds is 5. The minimum atomic E-state index is 0. The Morgan fingerprint density at radius 1 is 0.765 bits per heavy atom. The van der Waals surface area contributed by atoms with Crippen molar-refractivity contribution in [2.24, 2.45) is 0 Å². The molecule has 17 heavy (non-hydrogen) atoms. The van der Waals surface area contributed by atoms with Gasteiger partial charge in [0.2, 0.25) is 0 Å². The first-order valence-electron chi connectivity index (χ1n) is 5.65. The van der Waals surface area contributed by atoms with E-state index in [4.69, 9.17) is 0 Å². The Morgan fingerprint density at radius 3 is 1.53 bits per heavy atom. The molecule has 0 aliphatic heterocycles. The molecule has 0 amide bonds. The third kappa shape index (κ3) is 6.52. The molecule has 0 aromatic heterocycles. The van der Waals surface area contributed by atoms with Gasteiger partial charge >= 0.3 is 0 Å². The first-order chi connectivity index (χ1) is 6.76. The van der Waals surface area contributed by atoms with E-state index in [1.165, 1.54) is 36.2 Å². The second-order valence-corrected chi connectivity index (χ2v) is 3.93. The molecule has 0 atom stereocenters. The van der Waals surface area contributed by atoms with E-state index in [2.05, 4.69) is 51.1 Å². The highest BCUT2D eigenvalue weighted by Crippen LogP contribution is 2.13. The molecule has 0 spiro atoms. The van der Waals surface area contributed by atoms with Crippen LogP contribution in [0.3, 0.4) is 0 Å². The van der Waals surface area contributed by atoms with Crippen molar-refractivity contribution >= 4 is 37.2 Å². The number of halogens is 3. The van der Waals surface area contributed by atoms with Crippen LogP contribution in [0.25, 0.3) is 0 Å². The van der Waals surface area contributed by atoms with Gasteiger partial charge in [0, 0.05) is 5.56 Å². The number of benzene rings is 1. The third-order valence-electron chi connectivity index (χ3n) is 3.37. The van der Waals surface area contributed by atoms with Crippen molar-refractivity contribution in [1.29, 1.82) is 0 Å². The zero-order chi connectivity index (χ0) is 10.4. The van der Waals surface area contributed by atoms with Gasteiger partial charge in [-0.15, -0.1) is 37.2 Å². The molecule has 0 bridgehead atoms. The van der Waals surface area contributed by atoms with Crippen LogP contribution >= 0.6 is 37.2 Å². The maximum Gasteiger partial charge on any atom is 0.104 e. The van der Waals surface area contributed by atoms with E-state index in [9.17, 15) is 0 Å². The molecule has 0 radical (unpaired) electrons. The lowest BCUT2D eigenvalue weighted by Crippen LogP contribution is -2.46. The summed E-state index contributed by atoms with van der Waals surface area (Å²) in [6.45, 7) is 11.7. The molecule has 1 aromatic rings. The van der Waals surface area contributed by atoms with Crippen LogP contribution in [0.15, 0.2) is 30.3 Å². The number of quaternary nitrogens is 1. The molecule has 1 aromatic carbocycles. The molecule has 0 aliphatic rings. The van der Waals surface area contributed by atoms with Crippen molar-refractivity contribution in [3.05, 3.63) is 35.9 Å². The maximum atomic E-state index is 2.29. The van der Waals surface area contributed by atoms with Crippen molar-refractivity contribution < 1.29 is 4.48 Å². The Bertz CT molecular complexity index is 252. The van der Waals surface area contributed by atoms with E-state index in [-0.39, 0.29) is 37.2 Å². The van der Waals surface area contributed by atoms with Gasteiger partial charge in [-0.25, -0.2) is 0 Å². The highest BCUT2D eigenvalue weighted by atomic mass is 35.5. The van der Waals surface area contributed by atoms with Gasteiger partial charge in [-0.3, -0.25) is 0 Å². The van der Waals surface area contributed by atoms with Gasteiger partial charge in [0.1, 0.15) is 6.54 Å². The molecule has 0 heterocycles. The van der Waals surface area contributed by atoms with Crippen LogP contribution in [-0.4, -0.2) is 24.1 Å². The fourth-order valence-electron chi connectivity index (χ4n) is 1.98. The molecule has 4 heteroatoms. The van der Waals surface area contributed by atoms with Crippen LogP contribution in [-0.2, 0) is 6.54 Å². The molecular weight excluding hydrogens is 277 g/mol. The average molecular weight is 302 g/mol. The first kappa shape index (κ1) is 22.2. The largest absolute Gasteiger partial charge is 0.321 e. The monoisotopic (exact) mass is 300 g/mol. The van der Waals surface area contributed by atoms with Gasteiger partial charge in [-0.05, 0) is 20.8 Å². The lowest BCUT2D eigenvalue weighted by molar-refractivity contribution is -0.936. The SMILES string of the molecule is CC[N+](CC)(CC)Cc1ccccc1.Cl.Cl.Cl. The summed E-state index contributed by atoms with van der Waals surface area (Å²) in [5.41, 5.74) is 1.46. The van der Waals surface area contributed by atoms with Gasteiger partial charge in [0.25, 0.3) is 0 Å². The van der Waals surface area contributed by atoms with Crippen LogP contribution in [0.5, 0.6) is 0 Å². The highest BCUT2D eigenvalue weighted by Gasteiger charge is 2.20. The molecule has 1 nitrogen and oxygen atoms in total. The third-order valence-corrected chi connectivity index (χ3v) is 3.37. The molecule has 0 fully saturated rings. The number of nitrogens with zero attached hydrogens (tertiary/aromatic N) is 1. The van der Waals surface area contributed by atoms with Crippen molar-refractivity contribution in [2.75, 3.05) is 19.6 Å². The topological polar surface area (TPSA) is 0 Å². The van der Waals surface area contributed by atoms with Gasteiger partial charge < -0.3 is 4.48 Å². The van der Waals surface area contributed by atoms with Crippen molar-refractivity contribution in [3.8, 4) is 0 Å². The Hall–Kier alpha value is 0.0500. The number of hydrogen-bond acceptors (Lipinski definition) is 0. The number of hydrogen-bond donors (Lipinski definition) is 0. The molecule has 102 valence electrons. The van der Waals surface area contributed by atoms with E-state index in [0.29, 0.717) is 0 Å². The van der Waals surface area contributed by atoms with Crippen molar-refractivity contribution in [2.45, 2.75) is 27.3 Å². The standard InChI is InChI=1S/C13H22N.3ClH/c1-4-14(5-2,6-3)12-13-10-8-7-9-11-13;;;/h7-11H,4-6,12H2,1-3H3;3*1H/q+1;;;. The summed E-state index contributed by atoms with van der Waals surface area (Å²) in [5.74, 6) is 0.